The Bertz CT molecular complexity index is 748. The third-order valence-corrected chi connectivity index (χ3v) is 5.17. The highest BCUT2D eigenvalue weighted by molar-refractivity contribution is 9.10. The summed E-state index contributed by atoms with van der Waals surface area (Å²) >= 11 is 3.39. The zero-order valence-corrected chi connectivity index (χ0v) is 14.1. The van der Waals surface area contributed by atoms with Crippen molar-refractivity contribution in [2.75, 3.05) is 16.6 Å². The maximum absolute atomic E-state index is 12.6. The second-order valence-electron chi connectivity index (χ2n) is 4.40. The molecule has 21 heavy (non-hydrogen) atoms. The van der Waals surface area contributed by atoms with Crippen molar-refractivity contribution in [1.29, 1.82) is 0 Å². The van der Waals surface area contributed by atoms with Crippen LogP contribution in [-0.2, 0) is 10.0 Å². The van der Waals surface area contributed by atoms with Gasteiger partial charge in [-0.1, -0.05) is 22.0 Å². The van der Waals surface area contributed by atoms with E-state index in [9.17, 15) is 8.42 Å². The Hall–Kier alpha value is -1.60. The number of nitrogens with one attached hydrogen (secondary N) is 2. The lowest BCUT2D eigenvalue weighted by Crippen LogP contribution is -2.16. The molecule has 0 saturated carbocycles. The molecule has 0 radical (unpaired) electrons. The van der Waals surface area contributed by atoms with Gasteiger partial charge in [-0.05, 0) is 43.7 Å². The average molecular weight is 370 g/mol. The third kappa shape index (κ3) is 3.54. The summed E-state index contributed by atoms with van der Waals surface area (Å²) in [5.74, 6) is 0.347. The molecule has 0 bridgehead atoms. The van der Waals surface area contributed by atoms with E-state index in [0.29, 0.717) is 18.1 Å². The van der Waals surface area contributed by atoms with Gasteiger partial charge in [0.05, 0.1) is 5.69 Å². The highest BCUT2D eigenvalue weighted by atomic mass is 79.9. The lowest BCUT2D eigenvalue weighted by atomic mass is 10.2. The van der Waals surface area contributed by atoms with Gasteiger partial charge in [0.25, 0.3) is 10.0 Å². The van der Waals surface area contributed by atoms with Crippen molar-refractivity contribution in [3.63, 3.8) is 0 Å². The van der Waals surface area contributed by atoms with E-state index in [0.717, 1.165) is 10.0 Å². The molecule has 2 N–H and O–H groups in total. The molecule has 0 spiro atoms. The topological polar surface area (TPSA) is 71.1 Å². The summed E-state index contributed by atoms with van der Waals surface area (Å²) in [4.78, 5) is 4.21. The minimum absolute atomic E-state index is 0.131. The van der Waals surface area contributed by atoms with E-state index in [2.05, 4.69) is 31.0 Å². The number of aromatic nitrogens is 1. The zero-order chi connectivity index (χ0) is 15.5. The van der Waals surface area contributed by atoms with Crippen molar-refractivity contribution in [2.45, 2.75) is 18.7 Å². The van der Waals surface area contributed by atoms with Gasteiger partial charge in [0.2, 0.25) is 0 Å². The number of halogens is 1. The molecule has 1 aromatic carbocycles. The monoisotopic (exact) mass is 369 g/mol. The molecule has 0 atom stereocenters. The van der Waals surface area contributed by atoms with Crippen molar-refractivity contribution < 1.29 is 8.42 Å². The Morgan fingerprint density at radius 2 is 2.00 bits per heavy atom. The average Bonchev–Trinajstić information content (AvgIpc) is 2.44. The summed E-state index contributed by atoms with van der Waals surface area (Å²) in [5.41, 5.74) is 1.37. The summed E-state index contributed by atoms with van der Waals surface area (Å²) in [6, 6.07) is 8.50. The van der Waals surface area contributed by atoms with Crippen molar-refractivity contribution in [2.24, 2.45) is 0 Å². The molecule has 0 fully saturated rings. The SMILES string of the molecule is CCNc1ncccc1S(=O)(=O)Nc1cccc(Br)c1C. The lowest BCUT2D eigenvalue weighted by molar-refractivity contribution is 0.601. The molecule has 0 amide bonds. The van der Waals surface area contributed by atoms with Crippen LogP contribution in [0, 0.1) is 6.92 Å². The van der Waals surface area contributed by atoms with Gasteiger partial charge < -0.3 is 5.32 Å². The number of rotatable bonds is 5. The standard InChI is InChI=1S/C14H16BrN3O2S/c1-3-16-14-13(8-5-9-17-14)21(19,20)18-12-7-4-6-11(15)10(12)2/h4-9,18H,3H2,1-2H3,(H,16,17). The fourth-order valence-electron chi connectivity index (χ4n) is 1.83. The summed E-state index contributed by atoms with van der Waals surface area (Å²) in [5, 5.41) is 2.95. The maximum atomic E-state index is 12.6. The highest BCUT2D eigenvalue weighted by Gasteiger charge is 2.20. The van der Waals surface area contributed by atoms with Crippen LogP contribution in [0.3, 0.4) is 0 Å². The molecule has 0 aliphatic carbocycles. The summed E-state index contributed by atoms with van der Waals surface area (Å²) < 4.78 is 28.6. The molecule has 112 valence electrons. The Balaban J connectivity index is 2.41. The number of anilines is 2. The fourth-order valence-corrected chi connectivity index (χ4v) is 3.45. The van der Waals surface area contributed by atoms with Gasteiger partial charge in [0.1, 0.15) is 10.7 Å². The normalized spacial score (nSPS) is 11.2. The number of hydrogen-bond acceptors (Lipinski definition) is 4. The molecule has 2 rings (SSSR count). The quantitative estimate of drug-likeness (QED) is 0.847. The molecule has 7 heteroatoms. The van der Waals surface area contributed by atoms with Crippen LogP contribution in [-0.4, -0.2) is 19.9 Å². The Morgan fingerprint density at radius 3 is 2.71 bits per heavy atom. The molecule has 5 nitrogen and oxygen atoms in total. The smallest absolute Gasteiger partial charge is 0.265 e. The molecule has 1 heterocycles. The molecule has 0 unspecified atom stereocenters. The highest BCUT2D eigenvalue weighted by Crippen LogP contribution is 2.27. The molecule has 0 aliphatic heterocycles. The molecule has 2 aromatic rings. The Kier molecular flexibility index (Phi) is 4.84. The van der Waals surface area contributed by atoms with Gasteiger partial charge in [-0.2, -0.15) is 0 Å². The van der Waals surface area contributed by atoms with Gasteiger partial charge in [0, 0.05) is 17.2 Å². The first-order valence-electron chi connectivity index (χ1n) is 6.42. The van der Waals surface area contributed by atoms with Crippen molar-refractivity contribution >= 4 is 37.5 Å². The van der Waals surface area contributed by atoms with Crippen LogP contribution in [0.25, 0.3) is 0 Å². The number of sulfonamides is 1. The summed E-state index contributed by atoms with van der Waals surface area (Å²) in [7, 11) is -3.70. The Labute approximate surface area is 133 Å². The van der Waals surface area contributed by atoms with E-state index in [1.807, 2.05) is 19.9 Å². The molecular weight excluding hydrogens is 354 g/mol. The minimum Gasteiger partial charge on any atom is -0.369 e. The number of hydrogen-bond donors (Lipinski definition) is 2. The number of nitrogens with zero attached hydrogens (tertiary/aromatic N) is 1. The second-order valence-corrected chi connectivity index (χ2v) is 6.90. The van der Waals surface area contributed by atoms with E-state index in [4.69, 9.17) is 0 Å². The van der Waals surface area contributed by atoms with Crippen LogP contribution in [0.2, 0.25) is 0 Å². The van der Waals surface area contributed by atoms with Crippen LogP contribution >= 0.6 is 15.9 Å². The van der Waals surface area contributed by atoms with Gasteiger partial charge in [-0.25, -0.2) is 13.4 Å². The van der Waals surface area contributed by atoms with Crippen molar-refractivity contribution in [1.82, 2.24) is 4.98 Å². The third-order valence-electron chi connectivity index (χ3n) is 2.92. The van der Waals surface area contributed by atoms with E-state index in [1.54, 1.807) is 24.4 Å². The predicted octanol–water partition coefficient (Wildman–Crippen LogP) is 3.39. The largest absolute Gasteiger partial charge is 0.369 e. The first-order chi connectivity index (χ1) is 9.95. The van der Waals surface area contributed by atoms with Crippen LogP contribution < -0.4 is 10.0 Å². The molecule has 1 aromatic heterocycles. The van der Waals surface area contributed by atoms with Gasteiger partial charge in [-0.15, -0.1) is 0 Å². The predicted molar refractivity (Wildman–Crippen MR) is 88.1 cm³/mol. The number of pyridine rings is 1. The lowest BCUT2D eigenvalue weighted by Gasteiger charge is -2.14. The maximum Gasteiger partial charge on any atom is 0.265 e. The van der Waals surface area contributed by atoms with E-state index in [-0.39, 0.29) is 4.90 Å². The van der Waals surface area contributed by atoms with Crippen molar-refractivity contribution in [3.8, 4) is 0 Å². The first-order valence-corrected chi connectivity index (χ1v) is 8.70. The summed E-state index contributed by atoms with van der Waals surface area (Å²) in [6.07, 6.45) is 1.56. The van der Waals surface area contributed by atoms with E-state index in [1.165, 1.54) is 6.07 Å². The first kappa shape index (κ1) is 15.8. The second kappa shape index (κ2) is 6.44. The van der Waals surface area contributed by atoms with Gasteiger partial charge >= 0.3 is 0 Å². The Morgan fingerprint density at radius 1 is 1.24 bits per heavy atom. The van der Waals surface area contributed by atoms with Crippen LogP contribution in [0.1, 0.15) is 12.5 Å². The van der Waals surface area contributed by atoms with Gasteiger partial charge in [0.15, 0.2) is 0 Å². The van der Waals surface area contributed by atoms with Crippen molar-refractivity contribution in [3.05, 3.63) is 46.6 Å². The zero-order valence-electron chi connectivity index (χ0n) is 11.7. The molecular formula is C14H16BrN3O2S. The van der Waals surface area contributed by atoms with Gasteiger partial charge in [-0.3, -0.25) is 4.72 Å². The molecule has 0 saturated heterocycles. The van der Waals surface area contributed by atoms with E-state index < -0.39 is 10.0 Å². The molecule has 0 aliphatic rings. The van der Waals surface area contributed by atoms with E-state index >= 15 is 0 Å². The van der Waals surface area contributed by atoms with Crippen LogP contribution in [0.5, 0.6) is 0 Å². The van der Waals surface area contributed by atoms with Crippen LogP contribution in [0.15, 0.2) is 45.9 Å². The summed E-state index contributed by atoms with van der Waals surface area (Å²) in [6.45, 7) is 4.32. The minimum atomic E-state index is -3.70. The fraction of sp³-hybridized carbons (Fsp3) is 0.214. The van der Waals surface area contributed by atoms with Crippen LogP contribution in [0.4, 0.5) is 11.5 Å². The number of benzene rings is 1.